The first-order valence-corrected chi connectivity index (χ1v) is 10.2. The summed E-state index contributed by atoms with van der Waals surface area (Å²) in [7, 11) is 0. The molecule has 0 aromatic carbocycles. The molecule has 1 aliphatic rings. The Kier molecular flexibility index (Phi) is 13.3. The van der Waals surface area contributed by atoms with Crippen LogP contribution in [-0.4, -0.2) is 17.0 Å². The third kappa shape index (κ3) is 12.5. The summed E-state index contributed by atoms with van der Waals surface area (Å²) in [6.45, 7) is 0. The van der Waals surface area contributed by atoms with Gasteiger partial charge in [-0.15, -0.1) is 0 Å². The number of hydrogen-bond donors (Lipinski definition) is 1. The molecular weight excluding hydrogens is 284 g/mol. The van der Waals surface area contributed by atoms with E-state index in [1.807, 2.05) is 0 Å². The largest absolute Gasteiger partial charge is 0.385 e. The molecule has 0 aromatic heterocycles. The van der Waals surface area contributed by atoms with Crippen molar-refractivity contribution in [3.8, 4) is 0 Å². The van der Waals surface area contributed by atoms with Crippen molar-refractivity contribution >= 4 is 5.78 Å². The minimum Gasteiger partial charge on any atom is -0.385 e. The number of carbonyl (C=O) groups excluding carboxylic acids is 1. The number of carbonyl (C=O) groups is 1. The number of hydrogen-bond acceptors (Lipinski definition) is 2. The van der Waals surface area contributed by atoms with Crippen LogP contribution in [0.15, 0.2) is 12.2 Å². The minimum absolute atomic E-state index is 0.0713. The second kappa shape index (κ2) is 14.9. The molecule has 0 aliphatic heterocycles. The summed E-state index contributed by atoms with van der Waals surface area (Å²) >= 11 is 0. The van der Waals surface area contributed by atoms with E-state index in [0.29, 0.717) is 12.8 Å². The van der Waals surface area contributed by atoms with Crippen LogP contribution in [0.3, 0.4) is 0 Å². The van der Waals surface area contributed by atoms with Gasteiger partial charge in [0.25, 0.3) is 0 Å². The molecule has 2 nitrogen and oxygen atoms in total. The molecule has 0 heterocycles. The summed E-state index contributed by atoms with van der Waals surface area (Å²) in [6, 6.07) is 0. The van der Waals surface area contributed by atoms with E-state index in [0.717, 1.165) is 25.7 Å². The summed E-state index contributed by atoms with van der Waals surface area (Å²) < 4.78 is 0. The van der Waals surface area contributed by atoms with Crippen molar-refractivity contribution in [3.63, 3.8) is 0 Å². The van der Waals surface area contributed by atoms with Crippen LogP contribution in [0.25, 0.3) is 0 Å². The van der Waals surface area contributed by atoms with Crippen LogP contribution in [0.5, 0.6) is 0 Å². The number of Topliss-reactive ketones (excluding diaryl/α,β-unsaturated/α-hetero) is 1. The van der Waals surface area contributed by atoms with Gasteiger partial charge in [-0.1, -0.05) is 76.4 Å². The highest BCUT2D eigenvalue weighted by Crippen LogP contribution is 2.14. The van der Waals surface area contributed by atoms with Crippen LogP contribution < -0.4 is 0 Å². The fourth-order valence-corrected chi connectivity index (χ4v) is 3.32. The molecule has 0 aromatic rings. The van der Waals surface area contributed by atoms with Crippen molar-refractivity contribution in [3.05, 3.63) is 12.2 Å². The van der Waals surface area contributed by atoms with Gasteiger partial charge in [0, 0.05) is 6.42 Å². The zero-order chi connectivity index (χ0) is 16.6. The van der Waals surface area contributed by atoms with Crippen LogP contribution >= 0.6 is 0 Å². The monoisotopic (exact) mass is 322 g/mol. The molecule has 0 saturated carbocycles. The number of ketones is 1. The lowest BCUT2D eigenvalue weighted by Gasteiger charge is -2.09. The fourth-order valence-electron chi connectivity index (χ4n) is 3.32. The molecule has 134 valence electrons. The van der Waals surface area contributed by atoms with Gasteiger partial charge < -0.3 is 5.11 Å². The van der Waals surface area contributed by atoms with Crippen LogP contribution in [0.2, 0.25) is 0 Å². The lowest BCUT2D eigenvalue weighted by atomic mass is 10.0. The average Bonchev–Trinajstić information content (AvgIpc) is 2.55. The molecule has 2 heteroatoms. The number of aliphatic hydroxyl groups excluding tert-OH is 1. The van der Waals surface area contributed by atoms with Crippen molar-refractivity contribution in [1.29, 1.82) is 0 Å². The van der Waals surface area contributed by atoms with Gasteiger partial charge in [-0.05, 0) is 38.5 Å². The zero-order valence-corrected chi connectivity index (χ0v) is 15.1. The Hall–Kier alpha value is -0.630. The number of allylic oxidation sites excluding steroid dienone is 2. The van der Waals surface area contributed by atoms with Gasteiger partial charge in [0.05, 0.1) is 0 Å². The Labute approximate surface area is 143 Å². The Bertz CT molecular complexity index is 309. The molecule has 1 rings (SSSR count). The third-order valence-electron chi connectivity index (χ3n) is 4.93. The highest BCUT2D eigenvalue weighted by atomic mass is 16.3. The summed E-state index contributed by atoms with van der Waals surface area (Å²) in [5, 5.41) is 9.91. The van der Waals surface area contributed by atoms with E-state index < -0.39 is 6.10 Å². The van der Waals surface area contributed by atoms with Gasteiger partial charge in [0.1, 0.15) is 6.10 Å². The Morgan fingerprint density at radius 2 is 1.09 bits per heavy atom. The maximum atomic E-state index is 11.9. The van der Waals surface area contributed by atoms with Crippen molar-refractivity contribution in [2.75, 3.05) is 0 Å². The molecule has 0 radical (unpaired) electrons. The molecule has 1 N–H and O–H groups in total. The molecule has 23 heavy (non-hydrogen) atoms. The van der Waals surface area contributed by atoms with Gasteiger partial charge in [0.2, 0.25) is 0 Å². The van der Waals surface area contributed by atoms with Crippen molar-refractivity contribution in [2.24, 2.45) is 0 Å². The molecule has 0 fully saturated rings. The first kappa shape index (κ1) is 20.4. The average molecular weight is 323 g/mol. The minimum atomic E-state index is -0.700. The maximum Gasteiger partial charge on any atom is 0.161 e. The summed E-state index contributed by atoms with van der Waals surface area (Å²) in [5.74, 6) is 0.0713. The molecular formula is C21H38O2. The topological polar surface area (TPSA) is 37.3 Å². The summed E-state index contributed by atoms with van der Waals surface area (Å²) in [4.78, 5) is 11.9. The Balaban J connectivity index is 2.22. The van der Waals surface area contributed by atoms with Gasteiger partial charge >= 0.3 is 0 Å². The van der Waals surface area contributed by atoms with E-state index in [1.54, 1.807) is 0 Å². The summed E-state index contributed by atoms with van der Waals surface area (Å²) in [6.07, 6.45) is 23.6. The zero-order valence-electron chi connectivity index (χ0n) is 15.1. The van der Waals surface area contributed by atoms with Crippen molar-refractivity contribution < 1.29 is 9.90 Å². The quantitative estimate of drug-likeness (QED) is 0.546. The molecule has 1 atom stereocenters. The molecule has 1 aliphatic carbocycles. The smallest absolute Gasteiger partial charge is 0.161 e. The summed E-state index contributed by atoms with van der Waals surface area (Å²) in [5.41, 5.74) is 0. The van der Waals surface area contributed by atoms with E-state index in [4.69, 9.17) is 0 Å². The van der Waals surface area contributed by atoms with Crippen LogP contribution in [-0.2, 0) is 4.79 Å². The Morgan fingerprint density at radius 3 is 1.65 bits per heavy atom. The molecule has 0 bridgehead atoms. The predicted molar refractivity (Wildman–Crippen MR) is 98.6 cm³/mol. The van der Waals surface area contributed by atoms with E-state index >= 15 is 0 Å². The maximum absolute atomic E-state index is 11.9. The fraction of sp³-hybridized carbons (Fsp3) is 0.857. The van der Waals surface area contributed by atoms with Crippen molar-refractivity contribution in [2.45, 2.75) is 115 Å². The standard InChI is InChI=1S/C21H38O2/c22-20-18-16-14-12-10-8-6-4-2-1-3-5-7-9-11-13-15-17-19-21(20)23/h1-2,20,22H,3-19H2/b2-1+. The first-order valence-electron chi connectivity index (χ1n) is 10.2. The molecule has 0 amide bonds. The second-order valence-electron chi connectivity index (χ2n) is 7.17. The molecule has 0 saturated heterocycles. The lowest BCUT2D eigenvalue weighted by Crippen LogP contribution is -2.19. The number of aliphatic hydroxyl groups is 1. The van der Waals surface area contributed by atoms with E-state index in [9.17, 15) is 9.90 Å². The van der Waals surface area contributed by atoms with Gasteiger partial charge in [-0.3, -0.25) is 4.79 Å². The highest BCUT2D eigenvalue weighted by Gasteiger charge is 2.13. The second-order valence-corrected chi connectivity index (χ2v) is 7.17. The van der Waals surface area contributed by atoms with E-state index in [2.05, 4.69) is 12.2 Å². The van der Waals surface area contributed by atoms with E-state index in [1.165, 1.54) is 70.6 Å². The SMILES string of the molecule is O=C1CCCCCCCCC/C=C/CCCCCCCCC1O. The first-order chi connectivity index (χ1) is 11.3. The highest BCUT2D eigenvalue weighted by molar-refractivity contribution is 5.82. The van der Waals surface area contributed by atoms with E-state index in [-0.39, 0.29) is 5.78 Å². The lowest BCUT2D eigenvalue weighted by molar-refractivity contribution is -0.127. The van der Waals surface area contributed by atoms with Gasteiger partial charge in [0.15, 0.2) is 5.78 Å². The van der Waals surface area contributed by atoms with Gasteiger partial charge in [-0.25, -0.2) is 0 Å². The third-order valence-corrected chi connectivity index (χ3v) is 4.93. The molecule has 0 spiro atoms. The Morgan fingerprint density at radius 1 is 0.652 bits per heavy atom. The van der Waals surface area contributed by atoms with Gasteiger partial charge in [-0.2, -0.15) is 0 Å². The van der Waals surface area contributed by atoms with Crippen LogP contribution in [0.1, 0.15) is 109 Å². The van der Waals surface area contributed by atoms with Crippen LogP contribution in [0, 0.1) is 0 Å². The normalized spacial score (nSPS) is 27.0. The van der Waals surface area contributed by atoms with Crippen molar-refractivity contribution in [1.82, 2.24) is 0 Å². The molecule has 1 unspecified atom stereocenters. The van der Waals surface area contributed by atoms with Crippen LogP contribution in [0.4, 0.5) is 0 Å². The predicted octanol–water partition coefficient (Wildman–Crippen LogP) is 6.12. The number of rotatable bonds is 0.